The number of nitrogens with one attached hydrogen (secondary N) is 1. The lowest BCUT2D eigenvalue weighted by molar-refractivity contribution is -0.384. The first-order chi connectivity index (χ1) is 14.5. The fourth-order valence-electron chi connectivity index (χ4n) is 2.59. The molecule has 0 aliphatic rings. The minimum atomic E-state index is -0.482. The highest BCUT2D eigenvalue weighted by Gasteiger charge is 2.07. The van der Waals surface area contributed by atoms with Crippen LogP contribution in [0.1, 0.15) is 16.7 Å². The second-order valence-electron chi connectivity index (χ2n) is 6.35. The Morgan fingerprint density at radius 3 is 2.40 bits per heavy atom. The van der Waals surface area contributed by atoms with Gasteiger partial charge in [-0.05, 0) is 35.4 Å². The number of nitro benzene ring substituents is 1. The quantitative estimate of drug-likeness (QED) is 0.296. The topological polar surface area (TPSA) is 93.8 Å². The molecule has 0 fully saturated rings. The van der Waals surface area contributed by atoms with Crippen molar-refractivity contribution in [3.05, 3.63) is 104 Å². The van der Waals surface area contributed by atoms with E-state index in [0.717, 1.165) is 15.6 Å². The third-order valence-electron chi connectivity index (χ3n) is 4.13. The normalized spacial score (nSPS) is 10.7. The Morgan fingerprint density at radius 2 is 1.70 bits per heavy atom. The van der Waals surface area contributed by atoms with E-state index in [0.29, 0.717) is 17.9 Å². The number of halogens is 1. The van der Waals surface area contributed by atoms with Gasteiger partial charge in [0.2, 0.25) is 5.91 Å². The molecule has 0 unspecified atom stereocenters. The fraction of sp³-hybridized carbons (Fsp3) is 0.0909. The number of benzene rings is 3. The van der Waals surface area contributed by atoms with Gasteiger partial charge in [-0.15, -0.1) is 0 Å². The van der Waals surface area contributed by atoms with Crippen LogP contribution in [0.25, 0.3) is 0 Å². The molecule has 3 rings (SSSR count). The van der Waals surface area contributed by atoms with E-state index < -0.39 is 4.92 Å². The molecule has 30 heavy (non-hydrogen) atoms. The van der Waals surface area contributed by atoms with Crippen LogP contribution in [0.3, 0.4) is 0 Å². The van der Waals surface area contributed by atoms with E-state index in [9.17, 15) is 14.9 Å². The number of nitro groups is 1. The zero-order valence-electron chi connectivity index (χ0n) is 15.8. The van der Waals surface area contributed by atoms with Gasteiger partial charge in [0.15, 0.2) is 0 Å². The molecule has 3 aromatic rings. The van der Waals surface area contributed by atoms with Crippen molar-refractivity contribution >= 4 is 33.7 Å². The Bertz CT molecular complexity index is 1050. The van der Waals surface area contributed by atoms with Gasteiger partial charge in [-0.25, -0.2) is 5.43 Å². The van der Waals surface area contributed by atoms with Crippen molar-refractivity contribution in [3.63, 3.8) is 0 Å². The molecule has 0 atom stereocenters. The molecule has 1 amide bonds. The Hall–Kier alpha value is -3.52. The van der Waals surface area contributed by atoms with E-state index in [4.69, 9.17) is 4.74 Å². The van der Waals surface area contributed by atoms with Crippen molar-refractivity contribution in [1.82, 2.24) is 5.43 Å². The zero-order valence-corrected chi connectivity index (χ0v) is 17.4. The second kappa shape index (κ2) is 10.3. The molecule has 0 saturated carbocycles. The predicted octanol–water partition coefficient (Wildman–Crippen LogP) is 4.63. The summed E-state index contributed by atoms with van der Waals surface area (Å²) in [6, 6.07) is 21.1. The highest BCUT2D eigenvalue weighted by molar-refractivity contribution is 9.10. The van der Waals surface area contributed by atoms with Gasteiger partial charge in [-0.1, -0.05) is 52.3 Å². The molecule has 0 saturated heterocycles. The number of hydrogen-bond donors (Lipinski definition) is 1. The van der Waals surface area contributed by atoms with Crippen LogP contribution in [0.4, 0.5) is 5.69 Å². The van der Waals surface area contributed by atoms with E-state index in [1.165, 1.54) is 18.3 Å². The number of ether oxygens (including phenoxy) is 1. The van der Waals surface area contributed by atoms with Crippen LogP contribution >= 0.6 is 15.9 Å². The summed E-state index contributed by atoms with van der Waals surface area (Å²) in [6.45, 7) is 0.407. The van der Waals surface area contributed by atoms with Crippen LogP contribution in [0.5, 0.6) is 5.75 Å². The van der Waals surface area contributed by atoms with Gasteiger partial charge in [0.25, 0.3) is 5.69 Å². The molecule has 0 aliphatic heterocycles. The summed E-state index contributed by atoms with van der Waals surface area (Å²) >= 11 is 3.40. The Labute approximate surface area is 181 Å². The summed E-state index contributed by atoms with van der Waals surface area (Å²) < 4.78 is 6.88. The summed E-state index contributed by atoms with van der Waals surface area (Å²) in [5.74, 6) is 0.321. The molecule has 3 aromatic carbocycles. The fourth-order valence-corrected chi connectivity index (χ4v) is 2.86. The highest BCUT2D eigenvalue weighted by Crippen LogP contribution is 2.18. The van der Waals surface area contributed by atoms with Crippen LogP contribution < -0.4 is 10.2 Å². The first-order valence-electron chi connectivity index (χ1n) is 9.03. The first-order valence-corrected chi connectivity index (χ1v) is 9.82. The molecule has 0 bridgehead atoms. The lowest BCUT2D eigenvalue weighted by Crippen LogP contribution is -2.19. The van der Waals surface area contributed by atoms with Crippen molar-refractivity contribution in [2.45, 2.75) is 13.0 Å². The minimum Gasteiger partial charge on any atom is -0.488 e. The molecule has 0 aliphatic carbocycles. The zero-order chi connectivity index (χ0) is 21.3. The molecule has 152 valence electrons. The third-order valence-corrected chi connectivity index (χ3v) is 4.66. The molecular formula is C22H18BrN3O4. The molecule has 1 N–H and O–H groups in total. The van der Waals surface area contributed by atoms with Crippen molar-refractivity contribution in [3.8, 4) is 5.75 Å². The van der Waals surface area contributed by atoms with Gasteiger partial charge in [-0.3, -0.25) is 14.9 Å². The largest absolute Gasteiger partial charge is 0.488 e. The monoisotopic (exact) mass is 467 g/mol. The van der Waals surface area contributed by atoms with Crippen LogP contribution in [-0.4, -0.2) is 17.0 Å². The number of rotatable bonds is 8. The summed E-state index contributed by atoms with van der Waals surface area (Å²) in [5.41, 5.74) is 4.86. The standard InChI is InChI=1S/C22H18BrN3O4/c23-19-9-5-17(6-10-19)15-30-21-4-2-1-3-18(21)14-24-25-22(27)13-16-7-11-20(12-8-16)26(28)29/h1-12,14H,13,15H2,(H,25,27)/b24-14-. The molecule has 0 heterocycles. The lowest BCUT2D eigenvalue weighted by Gasteiger charge is -2.09. The van der Waals surface area contributed by atoms with E-state index in [1.54, 1.807) is 12.1 Å². The minimum absolute atomic E-state index is 0.0167. The average Bonchev–Trinajstić information content (AvgIpc) is 2.74. The van der Waals surface area contributed by atoms with Crippen molar-refractivity contribution in [1.29, 1.82) is 0 Å². The summed E-state index contributed by atoms with van der Waals surface area (Å²) in [7, 11) is 0. The molecule has 0 aromatic heterocycles. The van der Waals surface area contributed by atoms with Crippen molar-refractivity contribution in [2.24, 2.45) is 5.10 Å². The van der Waals surface area contributed by atoms with Crippen molar-refractivity contribution in [2.75, 3.05) is 0 Å². The van der Waals surface area contributed by atoms with E-state index in [1.807, 2.05) is 48.5 Å². The maximum atomic E-state index is 12.1. The third kappa shape index (κ3) is 6.25. The number of para-hydroxylation sites is 1. The van der Waals surface area contributed by atoms with Gasteiger partial charge < -0.3 is 4.74 Å². The van der Waals surface area contributed by atoms with Crippen molar-refractivity contribution < 1.29 is 14.5 Å². The van der Waals surface area contributed by atoms with Gasteiger partial charge in [-0.2, -0.15) is 5.10 Å². The number of hydrazone groups is 1. The summed E-state index contributed by atoms with van der Waals surface area (Å²) in [6.07, 6.45) is 1.59. The number of carbonyl (C=O) groups is 1. The number of nitrogens with zero attached hydrogens (tertiary/aromatic N) is 2. The summed E-state index contributed by atoms with van der Waals surface area (Å²) in [4.78, 5) is 22.2. The van der Waals surface area contributed by atoms with Gasteiger partial charge >= 0.3 is 0 Å². The Morgan fingerprint density at radius 1 is 1.03 bits per heavy atom. The predicted molar refractivity (Wildman–Crippen MR) is 117 cm³/mol. The lowest BCUT2D eigenvalue weighted by atomic mass is 10.1. The molecular weight excluding hydrogens is 450 g/mol. The van der Waals surface area contributed by atoms with Crippen LogP contribution in [0.15, 0.2) is 82.4 Å². The van der Waals surface area contributed by atoms with E-state index in [-0.39, 0.29) is 18.0 Å². The smallest absolute Gasteiger partial charge is 0.269 e. The van der Waals surface area contributed by atoms with Crippen LogP contribution in [-0.2, 0) is 17.8 Å². The van der Waals surface area contributed by atoms with E-state index in [2.05, 4.69) is 26.5 Å². The van der Waals surface area contributed by atoms with Crippen LogP contribution in [0.2, 0.25) is 0 Å². The van der Waals surface area contributed by atoms with Gasteiger partial charge in [0.1, 0.15) is 12.4 Å². The van der Waals surface area contributed by atoms with Crippen LogP contribution in [0, 0.1) is 10.1 Å². The second-order valence-corrected chi connectivity index (χ2v) is 7.26. The number of amides is 1. The Balaban J connectivity index is 1.55. The average molecular weight is 468 g/mol. The maximum Gasteiger partial charge on any atom is 0.269 e. The number of carbonyl (C=O) groups excluding carboxylic acids is 1. The van der Waals surface area contributed by atoms with Gasteiger partial charge in [0.05, 0.1) is 17.6 Å². The van der Waals surface area contributed by atoms with Gasteiger partial charge in [0, 0.05) is 22.2 Å². The molecule has 7 nitrogen and oxygen atoms in total. The number of hydrogen-bond acceptors (Lipinski definition) is 5. The summed E-state index contributed by atoms with van der Waals surface area (Å²) in [5, 5.41) is 14.7. The molecule has 0 radical (unpaired) electrons. The SMILES string of the molecule is O=C(Cc1ccc([N+](=O)[O-])cc1)N/N=C\c1ccccc1OCc1ccc(Br)cc1. The van der Waals surface area contributed by atoms with E-state index >= 15 is 0 Å². The molecule has 0 spiro atoms. The maximum absolute atomic E-state index is 12.1. The number of non-ortho nitro benzene ring substituents is 1. The molecule has 8 heteroatoms. The highest BCUT2D eigenvalue weighted by atomic mass is 79.9. The first kappa shape index (κ1) is 21.2. The Kier molecular flexibility index (Phi) is 7.29.